The molecule has 0 spiro atoms. The van der Waals surface area contributed by atoms with Crippen LogP contribution in [0.2, 0.25) is 0 Å². The molecule has 0 radical (unpaired) electrons. The molecule has 7 heteroatoms. The minimum absolute atomic E-state index is 0.0665. The summed E-state index contributed by atoms with van der Waals surface area (Å²) in [6.45, 7) is 2.58. The summed E-state index contributed by atoms with van der Waals surface area (Å²) in [5, 5.41) is 3.13. The minimum atomic E-state index is -0.558. The number of methoxy groups -OCH3 is 2. The van der Waals surface area contributed by atoms with Crippen LogP contribution >= 0.6 is 0 Å². The van der Waals surface area contributed by atoms with Crippen molar-refractivity contribution in [3.8, 4) is 17.2 Å². The van der Waals surface area contributed by atoms with Crippen LogP contribution in [0.25, 0.3) is 0 Å². The molecule has 1 atom stereocenters. The SMILES string of the molecule is COc1ccc(CN(C(=O)CCCOc2ccc(OC)cc2)[C@@H](C)C(=O)NC2CCCC2)cc1. The van der Waals surface area contributed by atoms with Crippen molar-refractivity contribution in [2.24, 2.45) is 0 Å². The average Bonchev–Trinajstić information content (AvgIpc) is 3.38. The quantitative estimate of drug-likeness (QED) is 0.469. The van der Waals surface area contributed by atoms with E-state index in [1.807, 2.05) is 48.5 Å². The van der Waals surface area contributed by atoms with E-state index in [0.29, 0.717) is 26.0 Å². The van der Waals surface area contributed by atoms with E-state index in [9.17, 15) is 9.59 Å². The first kappa shape index (κ1) is 25.4. The van der Waals surface area contributed by atoms with Crippen LogP contribution in [-0.2, 0) is 16.1 Å². The molecule has 1 saturated carbocycles. The van der Waals surface area contributed by atoms with Gasteiger partial charge in [-0.15, -0.1) is 0 Å². The Labute approximate surface area is 202 Å². The summed E-state index contributed by atoms with van der Waals surface area (Å²) < 4.78 is 16.1. The largest absolute Gasteiger partial charge is 0.497 e. The van der Waals surface area contributed by atoms with Gasteiger partial charge < -0.3 is 24.4 Å². The van der Waals surface area contributed by atoms with Gasteiger partial charge in [-0.3, -0.25) is 9.59 Å². The molecule has 0 aliphatic heterocycles. The molecule has 0 unspecified atom stereocenters. The van der Waals surface area contributed by atoms with Crippen molar-refractivity contribution in [2.75, 3.05) is 20.8 Å². The zero-order valence-electron chi connectivity index (χ0n) is 20.4. The van der Waals surface area contributed by atoms with Gasteiger partial charge in [0, 0.05) is 19.0 Å². The molecular formula is C27H36N2O5. The van der Waals surface area contributed by atoms with Gasteiger partial charge in [-0.2, -0.15) is 0 Å². The van der Waals surface area contributed by atoms with Gasteiger partial charge in [0.25, 0.3) is 0 Å². The summed E-state index contributed by atoms with van der Waals surface area (Å²) in [4.78, 5) is 27.8. The van der Waals surface area contributed by atoms with Gasteiger partial charge in [-0.25, -0.2) is 0 Å². The molecule has 1 aliphatic rings. The molecule has 2 aromatic rings. The molecule has 184 valence electrons. The number of rotatable bonds is 12. The Hall–Kier alpha value is -3.22. The maximum Gasteiger partial charge on any atom is 0.242 e. The topological polar surface area (TPSA) is 77.1 Å². The summed E-state index contributed by atoms with van der Waals surface area (Å²) in [5.41, 5.74) is 0.948. The molecule has 1 fully saturated rings. The van der Waals surface area contributed by atoms with E-state index in [1.54, 1.807) is 26.0 Å². The molecule has 2 aromatic carbocycles. The van der Waals surface area contributed by atoms with Crippen molar-refractivity contribution in [1.29, 1.82) is 0 Å². The number of nitrogens with zero attached hydrogens (tertiary/aromatic N) is 1. The van der Waals surface area contributed by atoms with Crippen molar-refractivity contribution in [1.82, 2.24) is 10.2 Å². The molecule has 0 bridgehead atoms. The molecule has 3 rings (SSSR count). The zero-order chi connectivity index (χ0) is 24.3. The number of ether oxygens (including phenoxy) is 3. The summed E-state index contributed by atoms with van der Waals surface area (Å²) in [7, 11) is 3.24. The first-order valence-corrected chi connectivity index (χ1v) is 12.0. The number of carbonyl (C=O) groups excluding carboxylic acids is 2. The molecule has 1 aliphatic carbocycles. The van der Waals surface area contributed by atoms with Gasteiger partial charge in [0.05, 0.1) is 20.8 Å². The van der Waals surface area contributed by atoms with Gasteiger partial charge in [-0.05, 0) is 68.1 Å². The number of benzene rings is 2. The predicted octanol–water partition coefficient (Wildman–Crippen LogP) is 4.34. The van der Waals surface area contributed by atoms with Crippen molar-refractivity contribution in [2.45, 2.75) is 64.1 Å². The van der Waals surface area contributed by atoms with Crippen LogP contribution in [0.5, 0.6) is 17.2 Å². The molecule has 2 amide bonds. The second kappa shape index (κ2) is 12.9. The summed E-state index contributed by atoms with van der Waals surface area (Å²) >= 11 is 0. The molecular weight excluding hydrogens is 432 g/mol. The number of hydrogen-bond donors (Lipinski definition) is 1. The van der Waals surface area contributed by atoms with Gasteiger partial charge >= 0.3 is 0 Å². The van der Waals surface area contributed by atoms with E-state index in [4.69, 9.17) is 14.2 Å². The maximum atomic E-state index is 13.2. The lowest BCUT2D eigenvalue weighted by Crippen LogP contribution is -2.49. The monoisotopic (exact) mass is 468 g/mol. The van der Waals surface area contributed by atoms with Crippen LogP contribution in [0, 0.1) is 0 Å². The lowest BCUT2D eigenvalue weighted by atomic mass is 10.1. The third-order valence-electron chi connectivity index (χ3n) is 6.24. The van der Waals surface area contributed by atoms with Crippen LogP contribution in [0.15, 0.2) is 48.5 Å². The smallest absolute Gasteiger partial charge is 0.242 e. The standard InChI is InChI=1S/C27H36N2O5/c1-20(27(31)28-22-7-4-5-8-22)29(19-21-10-12-23(32-2)13-11-21)26(30)9-6-18-34-25-16-14-24(33-3)15-17-25/h10-17,20,22H,4-9,18-19H2,1-3H3,(H,28,31)/t20-/m0/s1. The van der Waals surface area contributed by atoms with Gasteiger partial charge in [-0.1, -0.05) is 25.0 Å². The molecule has 34 heavy (non-hydrogen) atoms. The molecule has 0 aromatic heterocycles. The van der Waals surface area contributed by atoms with Crippen molar-refractivity contribution >= 4 is 11.8 Å². The third kappa shape index (κ3) is 7.40. The van der Waals surface area contributed by atoms with E-state index in [1.165, 1.54) is 0 Å². The zero-order valence-corrected chi connectivity index (χ0v) is 20.4. The predicted molar refractivity (Wildman–Crippen MR) is 131 cm³/mol. The number of carbonyl (C=O) groups is 2. The Bertz CT molecular complexity index is 908. The molecule has 0 heterocycles. The van der Waals surface area contributed by atoms with E-state index in [2.05, 4.69) is 5.32 Å². The highest BCUT2D eigenvalue weighted by Gasteiger charge is 2.28. The van der Waals surface area contributed by atoms with E-state index >= 15 is 0 Å². The van der Waals surface area contributed by atoms with Crippen LogP contribution in [0.1, 0.15) is 51.0 Å². The minimum Gasteiger partial charge on any atom is -0.497 e. The fourth-order valence-electron chi connectivity index (χ4n) is 4.13. The Morgan fingerprint density at radius 1 is 0.941 bits per heavy atom. The lowest BCUT2D eigenvalue weighted by molar-refractivity contribution is -0.141. The van der Waals surface area contributed by atoms with E-state index < -0.39 is 6.04 Å². The van der Waals surface area contributed by atoms with Gasteiger partial charge in [0.2, 0.25) is 11.8 Å². The number of hydrogen-bond acceptors (Lipinski definition) is 5. The molecule has 7 nitrogen and oxygen atoms in total. The second-order valence-corrected chi connectivity index (χ2v) is 8.66. The molecule has 0 saturated heterocycles. The van der Waals surface area contributed by atoms with Gasteiger partial charge in [0.15, 0.2) is 0 Å². The van der Waals surface area contributed by atoms with Crippen molar-refractivity contribution in [3.05, 3.63) is 54.1 Å². The van der Waals surface area contributed by atoms with Crippen LogP contribution in [0.4, 0.5) is 0 Å². The lowest BCUT2D eigenvalue weighted by Gasteiger charge is -2.30. The van der Waals surface area contributed by atoms with Crippen LogP contribution < -0.4 is 19.5 Å². The first-order chi connectivity index (χ1) is 16.5. The Kier molecular flexibility index (Phi) is 9.62. The van der Waals surface area contributed by atoms with Crippen LogP contribution in [-0.4, -0.2) is 49.6 Å². The first-order valence-electron chi connectivity index (χ1n) is 12.0. The number of amides is 2. The molecule has 1 N–H and O–H groups in total. The van der Waals surface area contributed by atoms with Crippen molar-refractivity contribution in [3.63, 3.8) is 0 Å². The Morgan fingerprint density at radius 2 is 1.50 bits per heavy atom. The highest BCUT2D eigenvalue weighted by atomic mass is 16.5. The Morgan fingerprint density at radius 3 is 2.09 bits per heavy atom. The third-order valence-corrected chi connectivity index (χ3v) is 6.24. The second-order valence-electron chi connectivity index (χ2n) is 8.66. The normalized spacial score (nSPS) is 14.3. The summed E-state index contributed by atoms with van der Waals surface area (Å²) in [6.07, 6.45) is 5.15. The maximum absolute atomic E-state index is 13.2. The number of nitrogens with one attached hydrogen (secondary N) is 1. The fraction of sp³-hybridized carbons (Fsp3) is 0.481. The Balaban J connectivity index is 1.59. The summed E-state index contributed by atoms with van der Waals surface area (Å²) in [5.74, 6) is 2.09. The highest BCUT2D eigenvalue weighted by Crippen LogP contribution is 2.20. The van der Waals surface area contributed by atoms with Crippen LogP contribution in [0.3, 0.4) is 0 Å². The van der Waals surface area contributed by atoms with E-state index in [-0.39, 0.29) is 17.9 Å². The van der Waals surface area contributed by atoms with E-state index in [0.717, 1.165) is 48.5 Å². The van der Waals surface area contributed by atoms with Gasteiger partial charge in [0.1, 0.15) is 23.3 Å². The average molecular weight is 469 g/mol. The highest BCUT2D eigenvalue weighted by molar-refractivity contribution is 5.87. The van der Waals surface area contributed by atoms with Crippen molar-refractivity contribution < 1.29 is 23.8 Å². The summed E-state index contributed by atoms with van der Waals surface area (Å²) in [6, 6.07) is 14.6. The fourth-order valence-corrected chi connectivity index (χ4v) is 4.13.